The smallest absolute Gasteiger partial charge is 0.239 e. The summed E-state index contributed by atoms with van der Waals surface area (Å²) >= 11 is 1.68. The van der Waals surface area contributed by atoms with Crippen LogP contribution in [0.5, 0.6) is 0 Å². The van der Waals surface area contributed by atoms with Gasteiger partial charge in [-0.05, 0) is 24.6 Å². The molecule has 7 nitrogen and oxygen atoms in total. The number of guanidine groups is 1. The number of benzene rings is 1. The van der Waals surface area contributed by atoms with Crippen LogP contribution in [0.15, 0.2) is 35.5 Å². The number of hydrogen-bond donors (Lipinski definition) is 3. The number of nitrogens with zero attached hydrogens (tertiary/aromatic N) is 3. The second kappa shape index (κ2) is 10.5. The quantitative estimate of drug-likeness (QED) is 0.332. The molecule has 1 fully saturated rings. The predicted octanol–water partition coefficient (Wildman–Crippen LogP) is 1.87. The fourth-order valence-corrected chi connectivity index (χ4v) is 3.46. The van der Waals surface area contributed by atoms with E-state index in [0.29, 0.717) is 26.2 Å². The average molecular weight is 500 g/mol. The summed E-state index contributed by atoms with van der Waals surface area (Å²) in [6.45, 7) is 5.35. The largest absolute Gasteiger partial charge is 0.360 e. The van der Waals surface area contributed by atoms with Crippen LogP contribution in [0.4, 0.5) is 5.69 Å². The molecule has 1 amide bonds. The van der Waals surface area contributed by atoms with E-state index >= 15 is 0 Å². The van der Waals surface area contributed by atoms with E-state index in [4.69, 9.17) is 0 Å². The summed E-state index contributed by atoms with van der Waals surface area (Å²) in [5, 5.41) is 10.5. The number of piperazine rings is 1. The van der Waals surface area contributed by atoms with Gasteiger partial charge in [-0.2, -0.15) is 0 Å². The van der Waals surface area contributed by atoms with E-state index in [1.165, 1.54) is 4.88 Å². The summed E-state index contributed by atoms with van der Waals surface area (Å²) in [4.78, 5) is 23.4. The molecule has 3 rings (SSSR count). The van der Waals surface area contributed by atoms with Crippen molar-refractivity contribution in [1.29, 1.82) is 0 Å². The number of aromatic nitrogens is 1. The number of carbonyl (C=O) groups is 1. The monoisotopic (exact) mass is 500 g/mol. The van der Waals surface area contributed by atoms with Crippen molar-refractivity contribution in [3.05, 3.63) is 45.9 Å². The molecule has 0 atom stereocenters. The SMILES string of the molecule is CN=C(NCc1ccc(N2CCNC(=O)C2)cc1)NCc1ncc(C)s1.I. The summed E-state index contributed by atoms with van der Waals surface area (Å²) in [6.07, 6.45) is 1.88. The minimum absolute atomic E-state index is 0. The fraction of sp³-hybridized carbons (Fsp3) is 0.389. The van der Waals surface area contributed by atoms with Gasteiger partial charge in [0.2, 0.25) is 5.91 Å². The Balaban J connectivity index is 0.00000261. The van der Waals surface area contributed by atoms with E-state index in [9.17, 15) is 4.79 Å². The van der Waals surface area contributed by atoms with Crippen molar-refractivity contribution in [2.75, 3.05) is 31.6 Å². The number of carbonyl (C=O) groups excluding carboxylic acids is 1. The van der Waals surface area contributed by atoms with Crippen LogP contribution in [-0.4, -0.2) is 43.5 Å². The Morgan fingerprint density at radius 3 is 2.67 bits per heavy atom. The zero-order chi connectivity index (χ0) is 18.4. The third-order valence-corrected chi connectivity index (χ3v) is 5.01. The minimum Gasteiger partial charge on any atom is -0.360 e. The zero-order valence-electron chi connectivity index (χ0n) is 15.5. The van der Waals surface area contributed by atoms with Gasteiger partial charge in [0, 0.05) is 43.4 Å². The van der Waals surface area contributed by atoms with Gasteiger partial charge in [-0.15, -0.1) is 35.3 Å². The van der Waals surface area contributed by atoms with E-state index in [0.717, 1.165) is 28.8 Å². The first-order valence-electron chi connectivity index (χ1n) is 8.60. The van der Waals surface area contributed by atoms with Crippen LogP contribution < -0.4 is 20.9 Å². The molecule has 0 saturated carbocycles. The van der Waals surface area contributed by atoms with Crippen molar-refractivity contribution in [3.8, 4) is 0 Å². The molecule has 1 aliphatic heterocycles. The second-order valence-corrected chi connectivity index (χ2v) is 7.40. The maximum absolute atomic E-state index is 11.5. The van der Waals surface area contributed by atoms with E-state index < -0.39 is 0 Å². The minimum atomic E-state index is 0. The highest BCUT2D eigenvalue weighted by Crippen LogP contribution is 2.16. The average Bonchev–Trinajstić information content (AvgIpc) is 3.07. The van der Waals surface area contributed by atoms with Crippen LogP contribution in [0.1, 0.15) is 15.4 Å². The van der Waals surface area contributed by atoms with Crippen molar-refractivity contribution < 1.29 is 4.79 Å². The van der Waals surface area contributed by atoms with Gasteiger partial charge in [0.15, 0.2) is 5.96 Å². The number of nitrogens with one attached hydrogen (secondary N) is 3. The molecule has 0 unspecified atom stereocenters. The van der Waals surface area contributed by atoms with Gasteiger partial charge in [0.05, 0.1) is 13.1 Å². The predicted molar refractivity (Wildman–Crippen MR) is 121 cm³/mol. The van der Waals surface area contributed by atoms with Crippen LogP contribution in [0, 0.1) is 6.92 Å². The molecule has 1 aromatic heterocycles. The fourth-order valence-electron chi connectivity index (χ4n) is 2.73. The van der Waals surface area contributed by atoms with Gasteiger partial charge in [0.1, 0.15) is 5.01 Å². The Bertz CT molecular complexity index is 776. The number of amides is 1. The van der Waals surface area contributed by atoms with Crippen LogP contribution in [0.2, 0.25) is 0 Å². The van der Waals surface area contributed by atoms with Gasteiger partial charge in [-0.1, -0.05) is 12.1 Å². The third-order valence-electron chi connectivity index (χ3n) is 4.10. The van der Waals surface area contributed by atoms with E-state index in [1.54, 1.807) is 18.4 Å². The molecule has 2 heterocycles. The Hall–Kier alpha value is -1.88. The van der Waals surface area contributed by atoms with Crippen molar-refractivity contribution >= 4 is 52.9 Å². The number of aliphatic imine (C=N–C) groups is 1. The first-order chi connectivity index (χ1) is 12.6. The highest BCUT2D eigenvalue weighted by atomic mass is 127. The Morgan fingerprint density at radius 1 is 1.30 bits per heavy atom. The number of thiazole rings is 1. The van der Waals surface area contributed by atoms with Crippen molar-refractivity contribution in [2.24, 2.45) is 4.99 Å². The number of aryl methyl sites for hydroxylation is 1. The molecule has 1 aliphatic rings. The van der Waals surface area contributed by atoms with Crippen LogP contribution in [0.3, 0.4) is 0 Å². The lowest BCUT2D eigenvalue weighted by molar-refractivity contribution is -0.120. The zero-order valence-corrected chi connectivity index (χ0v) is 18.6. The molecular weight excluding hydrogens is 475 g/mol. The lowest BCUT2D eigenvalue weighted by Gasteiger charge is -2.28. The van der Waals surface area contributed by atoms with E-state index in [-0.39, 0.29) is 29.9 Å². The molecule has 0 aliphatic carbocycles. The van der Waals surface area contributed by atoms with Gasteiger partial charge >= 0.3 is 0 Å². The maximum atomic E-state index is 11.5. The molecule has 0 radical (unpaired) electrons. The molecule has 27 heavy (non-hydrogen) atoms. The molecule has 9 heteroatoms. The Morgan fingerprint density at radius 2 is 2.04 bits per heavy atom. The van der Waals surface area contributed by atoms with Crippen molar-refractivity contribution in [2.45, 2.75) is 20.0 Å². The molecule has 0 spiro atoms. The van der Waals surface area contributed by atoms with Gasteiger partial charge in [-0.3, -0.25) is 9.79 Å². The lowest BCUT2D eigenvalue weighted by Crippen LogP contribution is -2.47. The summed E-state index contributed by atoms with van der Waals surface area (Å²) < 4.78 is 0. The highest BCUT2D eigenvalue weighted by molar-refractivity contribution is 14.0. The van der Waals surface area contributed by atoms with Crippen LogP contribution >= 0.6 is 35.3 Å². The van der Waals surface area contributed by atoms with Crippen molar-refractivity contribution in [1.82, 2.24) is 20.9 Å². The molecule has 1 aromatic carbocycles. The van der Waals surface area contributed by atoms with Crippen LogP contribution in [0.25, 0.3) is 0 Å². The van der Waals surface area contributed by atoms with Gasteiger partial charge in [0.25, 0.3) is 0 Å². The first-order valence-corrected chi connectivity index (χ1v) is 9.42. The number of anilines is 1. The first kappa shape index (κ1) is 21.4. The third kappa shape index (κ3) is 6.35. The summed E-state index contributed by atoms with van der Waals surface area (Å²) in [6, 6.07) is 8.27. The second-order valence-electron chi connectivity index (χ2n) is 6.08. The molecule has 1 saturated heterocycles. The Kier molecular flexibility index (Phi) is 8.29. The van der Waals surface area contributed by atoms with E-state index in [1.807, 2.05) is 13.1 Å². The van der Waals surface area contributed by atoms with E-state index in [2.05, 4.69) is 55.1 Å². The summed E-state index contributed by atoms with van der Waals surface area (Å²) in [5.41, 5.74) is 2.23. The molecule has 2 aromatic rings. The number of rotatable bonds is 5. The van der Waals surface area contributed by atoms with Crippen LogP contribution in [-0.2, 0) is 17.9 Å². The normalized spacial score (nSPS) is 14.4. The maximum Gasteiger partial charge on any atom is 0.239 e. The summed E-state index contributed by atoms with van der Waals surface area (Å²) in [5.74, 6) is 0.821. The highest BCUT2D eigenvalue weighted by Gasteiger charge is 2.16. The molecule has 146 valence electrons. The number of hydrogen-bond acceptors (Lipinski definition) is 5. The molecule has 3 N–H and O–H groups in total. The van der Waals surface area contributed by atoms with Gasteiger partial charge < -0.3 is 20.9 Å². The lowest BCUT2D eigenvalue weighted by atomic mass is 10.2. The standard InChI is InChI=1S/C18H24N6OS.HI/c1-13-9-21-17(26-13)11-23-18(19-2)22-10-14-3-5-15(6-4-14)24-8-7-20-16(25)12-24;/h3-6,9H,7-8,10-12H2,1-2H3,(H,20,25)(H2,19,22,23);1H. The summed E-state index contributed by atoms with van der Waals surface area (Å²) in [7, 11) is 1.76. The Labute approximate surface area is 180 Å². The van der Waals surface area contributed by atoms with Gasteiger partial charge in [-0.25, -0.2) is 4.98 Å². The molecule has 0 bridgehead atoms. The van der Waals surface area contributed by atoms with Crippen molar-refractivity contribution in [3.63, 3.8) is 0 Å². The molecular formula is C18H25IN6OS. The topological polar surface area (TPSA) is 81.7 Å². The number of halogens is 1.